The van der Waals surface area contributed by atoms with Crippen molar-refractivity contribution >= 4 is 28.0 Å². The Balaban J connectivity index is 0.00000616. The Bertz CT molecular complexity index is 1170. The van der Waals surface area contributed by atoms with E-state index < -0.39 is 63.5 Å². The molecule has 0 radical (unpaired) electrons. The van der Waals surface area contributed by atoms with Gasteiger partial charge < -0.3 is 30.3 Å². The van der Waals surface area contributed by atoms with Crippen LogP contribution >= 0.6 is 0 Å². The Morgan fingerprint density at radius 1 is 1.14 bits per heavy atom. The van der Waals surface area contributed by atoms with Gasteiger partial charge in [-0.25, -0.2) is 22.0 Å². The summed E-state index contributed by atoms with van der Waals surface area (Å²) in [5.74, 6) is -5.29. The molecule has 3 amide bonds. The number of aliphatic hydroxyl groups excluding tert-OH is 1. The van der Waals surface area contributed by atoms with Gasteiger partial charge in [0.2, 0.25) is 17.7 Å². The van der Waals surface area contributed by atoms with Crippen molar-refractivity contribution < 1.29 is 75.5 Å². The van der Waals surface area contributed by atoms with Gasteiger partial charge in [-0.15, -0.1) is 0 Å². The number of ether oxygens (including phenoxy) is 1. The SMILES string of the molecule is CC(C)C[C@H](NC(=O)OC(c1ccccc1)C1CCC(F)(F)CC1)C(=O)N[C@@H](C[C@@H]1CCNC1=O)C(O)S(=O)(=O)[O-].[Na+]. The number of carbonyl (C=O) groups is 3. The first-order valence-electron chi connectivity index (χ1n) is 13.8. The topological polar surface area (TPSA) is 174 Å². The van der Waals surface area contributed by atoms with Gasteiger partial charge in [0.15, 0.2) is 5.44 Å². The molecular formula is C27H38F2N3NaO8S. The van der Waals surface area contributed by atoms with Gasteiger partial charge in [0.25, 0.3) is 0 Å². The second-order valence-electron chi connectivity index (χ2n) is 11.3. The van der Waals surface area contributed by atoms with Gasteiger partial charge in [-0.2, -0.15) is 0 Å². The number of alkyl carbamates (subject to hydrolysis) is 1. The van der Waals surface area contributed by atoms with E-state index >= 15 is 0 Å². The number of halogens is 2. The third-order valence-electron chi connectivity index (χ3n) is 7.54. The van der Waals surface area contributed by atoms with Crippen LogP contribution in [0.4, 0.5) is 13.6 Å². The third-order valence-corrected chi connectivity index (χ3v) is 8.46. The number of carbonyl (C=O) groups excluding carboxylic acids is 3. The van der Waals surface area contributed by atoms with Crippen LogP contribution in [-0.2, 0) is 24.4 Å². The molecule has 5 atom stereocenters. The number of benzene rings is 1. The van der Waals surface area contributed by atoms with Gasteiger partial charge in [0, 0.05) is 31.2 Å². The fourth-order valence-corrected chi connectivity index (χ4v) is 5.93. The Morgan fingerprint density at radius 3 is 2.29 bits per heavy atom. The quantitative estimate of drug-likeness (QED) is 0.179. The molecule has 230 valence electrons. The maximum atomic E-state index is 13.8. The maximum absolute atomic E-state index is 13.8. The average molecular weight is 626 g/mol. The van der Waals surface area contributed by atoms with Crippen molar-refractivity contribution in [3.05, 3.63) is 35.9 Å². The minimum absolute atomic E-state index is 0. The summed E-state index contributed by atoms with van der Waals surface area (Å²) in [7, 11) is -5.25. The van der Waals surface area contributed by atoms with Crippen molar-refractivity contribution in [2.24, 2.45) is 17.8 Å². The summed E-state index contributed by atoms with van der Waals surface area (Å²) in [6.45, 7) is 3.88. The van der Waals surface area contributed by atoms with Gasteiger partial charge in [0.1, 0.15) is 22.3 Å². The summed E-state index contributed by atoms with van der Waals surface area (Å²) in [6.07, 6.45) is -2.14. The maximum Gasteiger partial charge on any atom is 1.00 e. The Labute approximate surface area is 266 Å². The van der Waals surface area contributed by atoms with Crippen LogP contribution in [0.2, 0.25) is 0 Å². The number of aliphatic hydroxyl groups is 1. The van der Waals surface area contributed by atoms with Crippen LogP contribution in [0.15, 0.2) is 30.3 Å². The molecule has 1 aromatic carbocycles. The second kappa shape index (κ2) is 15.8. The Hall–Kier alpha value is -1.84. The van der Waals surface area contributed by atoms with Crippen molar-refractivity contribution in [1.29, 1.82) is 0 Å². The molecule has 0 spiro atoms. The molecule has 1 saturated carbocycles. The first-order valence-corrected chi connectivity index (χ1v) is 15.2. The van der Waals surface area contributed by atoms with E-state index in [1.807, 2.05) is 0 Å². The van der Waals surface area contributed by atoms with Crippen molar-refractivity contribution in [2.75, 3.05) is 6.54 Å². The molecule has 2 fully saturated rings. The van der Waals surface area contributed by atoms with Crippen molar-refractivity contribution in [2.45, 2.75) is 88.3 Å². The normalized spacial score (nSPS) is 21.8. The standard InChI is InChI=1S/C27H39F2N3O8S.Na/c1-16(2)14-20(24(34)31-21(25(35)41(37,38)39)15-19-10-13-30-23(19)33)32-26(36)40-22(17-6-4-3-5-7-17)18-8-11-27(28,29)12-9-18;/h3-7,16,18-22,25,35H,8-15H2,1-2H3,(H,30,33)(H,31,34)(H,32,36)(H,37,38,39);/q;+1/p-1/t19-,20-,21-,22?,25?;/m0./s1. The smallest absolute Gasteiger partial charge is 0.746 e. The van der Waals surface area contributed by atoms with E-state index in [-0.39, 0.29) is 79.9 Å². The predicted octanol–water partition coefficient (Wildman–Crippen LogP) is -0.427. The second-order valence-corrected chi connectivity index (χ2v) is 12.7. The van der Waals surface area contributed by atoms with E-state index in [0.29, 0.717) is 18.5 Å². The zero-order chi connectivity index (χ0) is 30.4. The largest absolute Gasteiger partial charge is 1.00 e. The predicted molar refractivity (Wildman–Crippen MR) is 142 cm³/mol. The minimum atomic E-state index is -5.25. The van der Waals surface area contributed by atoms with E-state index in [0.717, 1.165) is 0 Å². The fraction of sp³-hybridized carbons (Fsp3) is 0.667. The minimum Gasteiger partial charge on any atom is -0.746 e. The molecule has 0 bridgehead atoms. The molecule has 1 saturated heterocycles. The van der Waals surface area contributed by atoms with Crippen molar-refractivity contribution in [3.63, 3.8) is 0 Å². The molecule has 4 N–H and O–H groups in total. The summed E-state index contributed by atoms with van der Waals surface area (Å²) >= 11 is 0. The fourth-order valence-electron chi connectivity index (χ4n) is 5.35. The molecule has 1 aromatic rings. The van der Waals surface area contributed by atoms with Crippen LogP contribution in [0.3, 0.4) is 0 Å². The van der Waals surface area contributed by atoms with Gasteiger partial charge in [-0.05, 0) is 43.6 Å². The number of alkyl halides is 2. The van der Waals surface area contributed by atoms with Gasteiger partial charge in [-0.3, -0.25) is 9.59 Å². The van der Waals surface area contributed by atoms with Crippen LogP contribution < -0.4 is 45.5 Å². The number of nitrogens with one attached hydrogen (secondary N) is 3. The number of amides is 3. The van der Waals surface area contributed by atoms with Gasteiger partial charge >= 0.3 is 35.7 Å². The van der Waals surface area contributed by atoms with Crippen LogP contribution in [0.5, 0.6) is 0 Å². The Kier molecular flexibility index (Phi) is 13.6. The monoisotopic (exact) mass is 625 g/mol. The molecule has 42 heavy (non-hydrogen) atoms. The van der Waals surface area contributed by atoms with Gasteiger partial charge in [-0.1, -0.05) is 44.2 Å². The number of hydrogen-bond donors (Lipinski definition) is 4. The third kappa shape index (κ3) is 10.7. The first-order chi connectivity index (χ1) is 19.2. The van der Waals surface area contributed by atoms with E-state index in [9.17, 15) is 41.2 Å². The molecule has 11 nitrogen and oxygen atoms in total. The Morgan fingerprint density at radius 2 is 1.76 bits per heavy atom. The summed E-state index contributed by atoms with van der Waals surface area (Å²) in [4.78, 5) is 38.4. The van der Waals surface area contributed by atoms with Gasteiger partial charge in [0.05, 0.1) is 6.04 Å². The molecule has 2 aliphatic rings. The van der Waals surface area contributed by atoms with Crippen LogP contribution in [-0.4, -0.2) is 66.0 Å². The summed E-state index contributed by atoms with van der Waals surface area (Å²) in [5.41, 5.74) is -1.90. The summed E-state index contributed by atoms with van der Waals surface area (Å²) in [6, 6.07) is 5.81. The van der Waals surface area contributed by atoms with E-state index in [2.05, 4.69) is 16.0 Å². The molecule has 15 heteroatoms. The van der Waals surface area contributed by atoms with Crippen molar-refractivity contribution in [3.8, 4) is 0 Å². The molecule has 1 aliphatic carbocycles. The zero-order valence-electron chi connectivity index (χ0n) is 24.1. The molecule has 1 heterocycles. The molecular weight excluding hydrogens is 587 g/mol. The molecule has 2 unspecified atom stereocenters. The first kappa shape index (κ1) is 36.4. The van der Waals surface area contributed by atoms with Crippen molar-refractivity contribution in [1.82, 2.24) is 16.0 Å². The average Bonchev–Trinajstić information content (AvgIpc) is 3.30. The van der Waals surface area contributed by atoms with E-state index in [1.54, 1.807) is 44.2 Å². The van der Waals surface area contributed by atoms with E-state index in [1.165, 1.54) is 0 Å². The summed E-state index contributed by atoms with van der Waals surface area (Å²) < 4.78 is 68.1. The van der Waals surface area contributed by atoms with Crippen LogP contribution in [0, 0.1) is 17.8 Å². The summed E-state index contributed by atoms with van der Waals surface area (Å²) in [5, 5.41) is 17.6. The number of hydrogen-bond acceptors (Lipinski definition) is 8. The molecule has 3 rings (SSSR count). The van der Waals surface area contributed by atoms with E-state index in [4.69, 9.17) is 4.74 Å². The van der Waals surface area contributed by atoms with Crippen LogP contribution in [0.25, 0.3) is 0 Å². The zero-order valence-corrected chi connectivity index (χ0v) is 26.9. The van der Waals surface area contributed by atoms with Crippen LogP contribution in [0.1, 0.15) is 70.5 Å². The molecule has 1 aliphatic heterocycles. The molecule has 0 aromatic heterocycles. The number of rotatable bonds is 12.